The SMILES string of the molecule is CC1=CC=NCC1(B1OC(C)(C)C(C)(C)O1)C(N)=O. The first-order chi connectivity index (χ1) is 8.63. The minimum absolute atomic E-state index is 0.265. The average Bonchev–Trinajstić information content (AvgIpc) is 2.48. The predicted molar refractivity (Wildman–Crippen MR) is 75.1 cm³/mol. The zero-order valence-electron chi connectivity index (χ0n) is 12.2. The number of amides is 1. The van der Waals surface area contributed by atoms with E-state index >= 15 is 0 Å². The number of rotatable bonds is 2. The number of hydrogen-bond acceptors (Lipinski definition) is 4. The lowest BCUT2D eigenvalue weighted by molar-refractivity contribution is -0.120. The van der Waals surface area contributed by atoms with Gasteiger partial charge in [-0.3, -0.25) is 9.79 Å². The van der Waals surface area contributed by atoms with E-state index in [0.29, 0.717) is 0 Å². The molecule has 0 aliphatic carbocycles. The second-order valence-electron chi connectivity index (χ2n) is 6.26. The molecule has 0 aromatic rings. The van der Waals surface area contributed by atoms with Crippen LogP contribution in [0.5, 0.6) is 0 Å². The van der Waals surface area contributed by atoms with E-state index in [1.807, 2.05) is 34.6 Å². The Morgan fingerprint density at radius 1 is 1.32 bits per heavy atom. The molecule has 2 rings (SSSR count). The summed E-state index contributed by atoms with van der Waals surface area (Å²) in [5, 5.41) is -1.01. The monoisotopic (exact) mass is 264 g/mol. The molecule has 0 aromatic carbocycles. The molecule has 0 aromatic heterocycles. The normalized spacial score (nSPS) is 32.3. The van der Waals surface area contributed by atoms with Crippen LogP contribution >= 0.6 is 0 Å². The van der Waals surface area contributed by atoms with Crippen molar-refractivity contribution in [2.75, 3.05) is 6.54 Å². The molecule has 6 heteroatoms. The molecule has 0 bridgehead atoms. The van der Waals surface area contributed by atoms with Gasteiger partial charge in [0.1, 0.15) is 5.31 Å². The molecule has 1 atom stereocenters. The van der Waals surface area contributed by atoms with Crippen LogP contribution in [-0.2, 0) is 14.1 Å². The number of primary amides is 1. The Morgan fingerprint density at radius 2 is 1.84 bits per heavy atom. The Labute approximate surface area is 114 Å². The lowest BCUT2D eigenvalue weighted by Gasteiger charge is -2.33. The summed E-state index contributed by atoms with van der Waals surface area (Å²) in [6, 6.07) is 0. The van der Waals surface area contributed by atoms with E-state index in [9.17, 15) is 4.79 Å². The molecule has 2 heterocycles. The summed E-state index contributed by atoms with van der Waals surface area (Å²) in [5.41, 5.74) is 5.47. The molecule has 2 aliphatic heterocycles. The van der Waals surface area contributed by atoms with Gasteiger partial charge in [0.2, 0.25) is 5.91 Å². The van der Waals surface area contributed by atoms with Crippen molar-refractivity contribution < 1.29 is 14.1 Å². The van der Waals surface area contributed by atoms with Gasteiger partial charge in [-0.25, -0.2) is 0 Å². The van der Waals surface area contributed by atoms with Gasteiger partial charge in [-0.1, -0.05) is 5.57 Å². The molecule has 0 spiro atoms. The first-order valence-corrected chi connectivity index (χ1v) is 6.46. The Morgan fingerprint density at radius 3 is 2.26 bits per heavy atom. The van der Waals surface area contributed by atoms with Crippen molar-refractivity contribution in [3.05, 3.63) is 11.6 Å². The molecular formula is C13H21BN2O3. The molecule has 2 aliphatic rings. The predicted octanol–water partition coefficient (Wildman–Crippen LogP) is 1.33. The van der Waals surface area contributed by atoms with Crippen molar-refractivity contribution in [3.8, 4) is 0 Å². The maximum atomic E-state index is 12.0. The highest BCUT2D eigenvalue weighted by molar-refractivity contribution is 6.57. The van der Waals surface area contributed by atoms with Crippen LogP contribution in [0.4, 0.5) is 0 Å². The van der Waals surface area contributed by atoms with Gasteiger partial charge in [-0.05, 0) is 40.7 Å². The number of allylic oxidation sites excluding steroid dienone is 1. The molecule has 1 fully saturated rings. The second-order valence-corrected chi connectivity index (χ2v) is 6.26. The van der Waals surface area contributed by atoms with Gasteiger partial charge in [-0.15, -0.1) is 0 Å². The van der Waals surface area contributed by atoms with Gasteiger partial charge in [0.15, 0.2) is 0 Å². The molecule has 104 valence electrons. The summed E-state index contributed by atoms with van der Waals surface area (Å²) in [7, 11) is -0.705. The summed E-state index contributed by atoms with van der Waals surface area (Å²) in [6.07, 6.45) is 3.47. The van der Waals surface area contributed by atoms with E-state index in [1.165, 1.54) is 0 Å². The second kappa shape index (κ2) is 4.18. The van der Waals surface area contributed by atoms with Gasteiger partial charge >= 0.3 is 7.12 Å². The molecule has 0 radical (unpaired) electrons. The largest absolute Gasteiger partial charge is 0.480 e. The Hall–Kier alpha value is -1.14. The maximum Gasteiger partial charge on any atom is 0.480 e. The molecule has 1 saturated heterocycles. The fourth-order valence-electron chi connectivity index (χ4n) is 2.33. The molecule has 2 N–H and O–H groups in total. The zero-order valence-corrected chi connectivity index (χ0v) is 12.2. The minimum Gasteiger partial charge on any atom is -0.402 e. The van der Waals surface area contributed by atoms with E-state index in [0.717, 1.165) is 5.57 Å². The van der Waals surface area contributed by atoms with E-state index in [2.05, 4.69) is 4.99 Å². The Balaban J connectivity index is 2.42. The molecular weight excluding hydrogens is 243 g/mol. The van der Waals surface area contributed by atoms with E-state index < -0.39 is 29.5 Å². The third-order valence-electron chi connectivity index (χ3n) is 4.57. The number of nitrogens with zero attached hydrogens (tertiary/aromatic N) is 1. The Kier molecular flexibility index (Phi) is 3.14. The lowest BCUT2D eigenvalue weighted by atomic mass is 9.52. The van der Waals surface area contributed by atoms with Crippen LogP contribution < -0.4 is 5.73 Å². The van der Waals surface area contributed by atoms with Crippen LogP contribution in [0.1, 0.15) is 34.6 Å². The van der Waals surface area contributed by atoms with Crippen LogP contribution in [0.15, 0.2) is 16.6 Å². The topological polar surface area (TPSA) is 73.9 Å². The quantitative estimate of drug-likeness (QED) is 0.765. The van der Waals surface area contributed by atoms with E-state index in [4.69, 9.17) is 15.0 Å². The molecule has 1 unspecified atom stereocenters. The van der Waals surface area contributed by atoms with E-state index in [-0.39, 0.29) is 6.54 Å². The van der Waals surface area contributed by atoms with Gasteiger partial charge in [0.25, 0.3) is 0 Å². The van der Waals surface area contributed by atoms with Gasteiger partial charge in [0.05, 0.1) is 17.7 Å². The summed E-state index contributed by atoms with van der Waals surface area (Å²) in [6.45, 7) is 9.93. The van der Waals surface area contributed by atoms with Crippen molar-refractivity contribution in [1.29, 1.82) is 0 Å². The van der Waals surface area contributed by atoms with Gasteiger partial charge < -0.3 is 15.0 Å². The molecule has 1 amide bonds. The first kappa shape index (κ1) is 14.3. The summed E-state index contributed by atoms with van der Waals surface area (Å²) in [5.74, 6) is -0.461. The minimum atomic E-state index is -1.01. The van der Waals surface area contributed by atoms with Crippen molar-refractivity contribution in [3.63, 3.8) is 0 Å². The third kappa shape index (κ3) is 1.94. The molecule has 19 heavy (non-hydrogen) atoms. The zero-order chi connectivity index (χ0) is 14.5. The fourth-order valence-corrected chi connectivity index (χ4v) is 2.33. The Bertz CT molecular complexity index is 455. The standard InChI is InChI=1S/C13H21BN2O3/c1-9-6-7-16-8-13(9,10(15)17)14-18-11(2,3)12(4,5)19-14/h6-7H,8H2,1-5H3,(H2,15,17). The number of carbonyl (C=O) groups is 1. The van der Waals surface area contributed by atoms with Crippen molar-refractivity contribution in [1.82, 2.24) is 0 Å². The number of hydrogen-bond donors (Lipinski definition) is 1. The smallest absolute Gasteiger partial charge is 0.402 e. The van der Waals surface area contributed by atoms with Gasteiger partial charge in [-0.2, -0.15) is 0 Å². The molecule has 0 saturated carbocycles. The van der Waals surface area contributed by atoms with Crippen LogP contribution in [0.25, 0.3) is 0 Å². The van der Waals surface area contributed by atoms with Crippen molar-refractivity contribution in [2.24, 2.45) is 10.7 Å². The maximum absolute atomic E-state index is 12.0. The highest BCUT2D eigenvalue weighted by Gasteiger charge is 2.63. The third-order valence-corrected chi connectivity index (χ3v) is 4.57. The van der Waals surface area contributed by atoms with Crippen LogP contribution in [-0.4, -0.2) is 37.0 Å². The molecule has 5 nitrogen and oxygen atoms in total. The highest BCUT2D eigenvalue weighted by Crippen LogP contribution is 2.49. The van der Waals surface area contributed by atoms with Crippen molar-refractivity contribution >= 4 is 19.2 Å². The van der Waals surface area contributed by atoms with Crippen molar-refractivity contribution in [2.45, 2.75) is 51.1 Å². The van der Waals surface area contributed by atoms with Crippen LogP contribution in [0.3, 0.4) is 0 Å². The number of aliphatic imine (C=N–C) groups is 1. The average molecular weight is 264 g/mol. The fraction of sp³-hybridized carbons (Fsp3) is 0.692. The summed E-state index contributed by atoms with van der Waals surface area (Å²) in [4.78, 5) is 16.2. The first-order valence-electron chi connectivity index (χ1n) is 6.46. The lowest BCUT2D eigenvalue weighted by Crippen LogP contribution is -2.49. The van der Waals surface area contributed by atoms with Gasteiger partial charge in [0, 0.05) is 6.21 Å². The summed E-state index contributed by atoms with van der Waals surface area (Å²) >= 11 is 0. The number of dihydropyridines is 1. The van der Waals surface area contributed by atoms with Crippen LogP contribution in [0.2, 0.25) is 5.31 Å². The number of carbonyl (C=O) groups excluding carboxylic acids is 1. The highest BCUT2D eigenvalue weighted by atomic mass is 16.7. The summed E-state index contributed by atoms with van der Waals surface area (Å²) < 4.78 is 12.0. The number of nitrogens with two attached hydrogens (primary N) is 1. The van der Waals surface area contributed by atoms with Crippen LogP contribution in [0, 0.1) is 0 Å². The van der Waals surface area contributed by atoms with E-state index in [1.54, 1.807) is 12.3 Å².